The highest BCUT2D eigenvalue weighted by Gasteiger charge is 2.11. The Bertz CT molecular complexity index is 648. The molecule has 1 aromatic carbocycles. The van der Waals surface area contributed by atoms with Gasteiger partial charge in [-0.25, -0.2) is 4.79 Å². The van der Waals surface area contributed by atoms with Crippen LogP contribution in [0.15, 0.2) is 33.5 Å². The molecule has 1 aromatic heterocycles. The zero-order chi connectivity index (χ0) is 15.2. The first-order valence-electron chi connectivity index (χ1n) is 7.56. The van der Waals surface area contributed by atoms with E-state index in [2.05, 4.69) is 19.2 Å². The molecule has 0 amide bonds. The number of nitrogens with one attached hydrogen (secondary N) is 2. The fourth-order valence-corrected chi connectivity index (χ4v) is 2.51. The molecule has 21 heavy (non-hydrogen) atoms. The quantitative estimate of drug-likeness (QED) is 0.527. The van der Waals surface area contributed by atoms with Crippen LogP contribution in [-0.2, 0) is 0 Å². The van der Waals surface area contributed by atoms with E-state index in [1.807, 2.05) is 18.2 Å². The number of anilines is 2. The first kappa shape index (κ1) is 15.4. The first-order valence-corrected chi connectivity index (χ1v) is 7.56. The molecule has 4 N–H and O–H groups in total. The van der Waals surface area contributed by atoms with E-state index in [1.165, 1.54) is 0 Å². The molecule has 0 fully saturated rings. The van der Waals surface area contributed by atoms with Crippen molar-refractivity contribution in [3.8, 4) is 0 Å². The van der Waals surface area contributed by atoms with Crippen molar-refractivity contribution < 1.29 is 9.32 Å². The van der Waals surface area contributed by atoms with Gasteiger partial charge in [-0.1, -0.05) is 12.1 Å². The van der Waals surface area contributed by atoms with Crippen LogP contribution in [0.1, 0.15) is 20.3 Å². The fraction of sp³-hybridized carbons (Fsp3) is 0.438. The van der Waals surface area contributed by atoms with E-state index in [-0.39, 0.29) is 5.69 Å². The normalized spacial score (nSPS) is 11.2. The summed E-state index contributed by atoms with van der Waals surface area (Å²) in [5, 5.41) is 4.15. The Morgan fingerprint density at radius 2 is 1.95 bits per heavy atom. The number of nitrogens with two attached hydrogens (primary N) is 1. The number of benzene rings is 1. The Kier molecular flexibility index (Phi) is 5.22. The summed E-state index contributed by atoms with van der Waals surface area (Å²) in [7, 11) is 0. The summed E-state index contributed by atoms with van der Waals surface area (Å²) in [6, 6.07) is 7.44. The molecule has 5 nitrogen and oxygen atoms in total. The van der Waals surface area contributed by atoms with Crippen molar-refractivity contribution in [3.63, 3.8) is 0 Å². The van der Waals surface area contributed by atoms with Crippen LogP contribution in [0.2, 0.25) is 0 Å². The van der Waals surface area contributed by atoms with Crippen LogP contribution in [0.3, 0.4) is 0 Å². The second kappa shape index (κ2) is 7.13. The van der Waals surface area contributed by atoms with Crippen LogP contribution in [0.5, 0.6) is 0 Å². The second-order valence-electron chi connectivity index (χ2n) is 5.16. The number of fused-ring (bicyclic) bond motifs is 1. The van der Waals surface area contributed by atoms with Crippen LogP contribution in [-0.4, -0.2) is 26.2 Å². The molecule has 0 saturated heterocycles. The highest BCUT2D eigenvalue weighted by molar-refractivity contribution is 5.95. The lowest BCUT2D eigenvalue weighted by Crippen LogP contribution is -3.11. The minimum absolute atomic E-state index is 0.156. The van der Waals surface area contributed by atoms with Crippen molar-refractivity contribution in [2.75, 3.05) is 37.2 Å². The van der Waals surface area contributed by atoms with Crippen LogP contribution >= 0.6 is 0 Å². The molecule has 0 spiro atoms. The van der Waals surface area contributed by atoms with E-state index in [9.17, 15) is 4.79 Å². The molecule has 0 bridgehead atoms. The molecule has 2 aromatic rings. The number of nitrogen functional groups attached to an aromatic ring is 1. The molecular weight excluding hydrogens is 266 g/mol. The molecule has 114 valence electrons. The van der Waals surface area contributed by atoms with Gasteiger partial charge in [0.05, 0.1) is 25.3 Å². The molecule has 0 atom stereocenters. The van der Waals surface area contributed by atoms with Gasteiger partial charge >= 0.3 is 5.63 Å². The zero-order valence-electron chi connectivity index (χ0n) is 12.7. The third-order valence-corrected chi connectivity index (χ3v) is 3.86. The van der Waals surface area contributed by atoms with Gasteiger partial charge < -0.3 is 20.4 Å². The van der Waals surface area contributed by atoms with E-state index in [0.717, 1.165) is 38.0 Å². The monoisotopic (exact) mass is 290 g/mol. The van der Waals surface area contributed by atoms with E-state index >= 15 is 0 Å². The highest BCUT2D eigenvalue weighted by atomic mass is 16.4. The summed E-state index contributed by atoms with van der Waals surface area (Å²) in [5.74, 6) is 0. The van der Waals surface area contributed by atoms with Gasteiger partial charge in [0.2, 0.25) is 0 Å². The van der Waals surface area contributed by atoms with Gasteiger partial charge in [0.1, 0.15) is 11.3 Å². The van der Waals surface area contributed by atoms with Crippen molar-refractivity contribution in [1.29, 1.82) is 0 Å². The van der Waals surface area contributed by atoms with Crippen molar-refractivity contribution >= 4 is 22.3 Å². The van der Waals surface area contributed by atoms with Gasteiger partial charge in [0.15, 0.2) is 0 Å². The maximum Gasteiger partial charge on any atom is 0.361 e. The maximum atomic E-state index is 11.8. The van der Waals surface area contributed by atoms with Gasteiger partial charge in [0, 0.05) is 18.4 Å². The van der Waals surface area contributed by atoms with Crippen molar-refractivity contribution in [3.05, 3.63) is 34.7 Å². The summed E-state index contributed by atoms with van der Waals surface area (Å²) in [5.41, 5.74) is 6.80. The van der Waals surface area contributed by atoms with Crippen LogP contribution in [0.25, 0.3) is 11.0 Å². The first-order chi connectivity index (χ1) is 10.2. The molecule has 1 heterocycles. The molecule has 0 aliphatic rings. The van der Waals surface area contributed by atoms with Gasteiger partial charge in [-0.05, 0) is 26.0 Å². The number of rotatable bonds is 7. The third-order valence-electron chi connectivity index (χ3n) is 3.86. The van der Waals surface area contributed by atoms with E-state index < -0.39 is 5.63 Å². The summed E-state index contributed by atoms with van der Waals surface area (Å²) >= 11 is 0. The Morgan fingerprint density at radius 3 is 2.67 bits per heavy atom. The molecule has 0 radical (unpaired) electrons. The number of hydrogen-bond acceptors (Lipinski definition) is 4. The lowest BCUT2D eigenvalue weighted by molar-refractivity contribution is -0.896. The average molecular weight is 290 g/mol. The number of hydrogen-bond donors (Lipinski definition) is 3. The number of quaternary nitrogens is 1. The Balaban J connectivity index is 2.11. The summed E-state index contributed by atoms with van der Waals surface area (Å²) in [6.07, 6.45) is 1.03. The van der Waals surface area contributed by atoms with Crippen molar-refractivity contribution in [2.24, 2.45) is 0 Å². The van der Waals surface area contributed by atoms with Crippen molar-refractivity contribution in [1.82, 2.24) is 0 Å². The van der Waals surface area contributed by atoms with Crippen LogP contribution in [0.4, 0.5) is 11.4 Å². The maximum absolute atomic E-state index is 11.8. The van der Waals surface area contributed by atoms with E-state index in [4.69, 9.17) is 10.2 Å². The molecule has 5 heteroatoms. The molecule has 0 saturated carbocycles. The molecule has 0 aliphatic carbocycles. The number of para-hydroxylation sites is 1. The molecular formula is C16H24N3O2+. The Hall–Kier alpha value is -2.01. The predicted octanol–water partition coefficient (Wildman–Crippen LogP) is 1.10. The lowest BCUT2D eigenvalue weighted by Gasteiger charge is -2.16. The van der Waals surface area contributed by atoms with E-state index in [0.29, 0.717) is 11.3 Å². The minimum Gasteiger partial charge on any atom is -0.421 e. The lowest BCUT2D eigenvalue weighted by atomic mass is 10.2. The molecule has 0 unspecified atom stereocenters. The summed E-state index contributed by atoms with van der Waals surface area (Å²) < 4.78 is 5.19. The van der Waals surface area contributed by atoms with Gasteiger partial charge in [-0.15, -0.1) is 0 Å². The van der Waals surface area contributed by atoms with Gasteiger partial charge in [-0.2, -0.15) is 0 Å². The molecule has 2 rings (SSSR count). The second-order valence-corrected chi connectivity index (χ2v) is 5.16. The standard InChI is InChI=1S/C16H23N3O2/c1-3-19(4-2)11-7-10-18-15-12-8-5-6-9-13(12)21-16(20)14(15)17/h5-6,8-9,18H,3-4,7,10-11,17H2,1-2H3/p+1. The predicted molar refractivity (Wildman–Crippen MR) is 86.9 cm³/mol. The fourth-order valence-electron chi connectivity index (χ4n) is 2.51. The summed E-state index contributed by atoms with van der Waals surface area (Å²) in [4.78, 5) is 13.3. The topological polar surface area (TPSA) is 72.7 Å². The smallest absolute Gasteiger partial charge is 0.361 e. The highest BCUT2D eigenvalue weighted by Crippen LogP contribution is 2.26. The molecule has 0 aliphatic heterocycles. The minimum atomic E-state index is -0.481. The Morgan fingerprint density at radius 1 is 1.24 bits per heavy atom. The third kappa shape index (κ3) is 3.55. The Labute approximate surface area is 124 Å². The average Bonchev–Trinajstić information content (AvgIpc) is 2.51. The van der Waals surface area contributed by atoms with Gasteiger partial charge in [-0.3, -0.25) is 0 Å². The largest absolute Gasteiger partial charge is 0.421 e. The SMILES string of the molecule is CC[NH+](CC)CCCNc1c(N)c(=O)oc2ccccc12. The van der Waals surface area contributed by atoms with Crippen LogP contribution < -0.4 is 21.6 Å². The van der Waals surface area contributed by atoms with E-state index in [1.54, 1.807) is 11.0 Å². The van der Waals surface area contributed by atoms with Gasteiger partial charge in [0.25, 0.3) is 0 Å². The van der Waals surface area contributed by atoms with Crippen LogP contribution in [0, 0.1) is 0 Å². The van der Waals surface area contributed by atoms with Crippen molar-refractivity contribution in [2.45, 2.75) is 20.3 Å². The zero-order valence-corrected chi connectivity index (χ0v) is 12.7. The summed E-state index contributed by atoms with van der Waals surface area (Å²) in [6.45, 7) is 8.56.